The third kappa shape index (κ3) is 4.06. The number of hydrogen-bond acceptors (Lipinski definition) is 6. The van der Waals surface area contributed by atoms with Crippen LogP contribution in [0, 0.1) is 11.8 Å². The number of anilines is 1. The number of carbonyl (C=O) groups is 1. The van der Waals surface area contributed by atoms with Gasteiger partial charge in [-0.3, -0.25) is 4.79 Å². The highest BCUT2D eigenvalue weighted by Gasteiger charge is 2.56. The number of allylic oxidation sites excluding steroid dienone is 1. The molecule has 3 heterocycles. The van der Waals surface area contributed by atoms with E-state index in [-0.39, 0.29) is 23.0 Å². The lowest BCUT2D eigenvalue weighted by atomic mass is 9.91. The number of nitrogens with zero attached hydrogens (tertiary/aromatic N) is 1. The van der Waals surface area contributed by atoms with Crippen molar-refractivity contribution in [2.24, 2.45) is 11.8 Å². The molecule has 180 valence electrons. The van der Waals surface area contributed by atoms with Crippen LogP contribution in [0.25, 0.3) is 10.8 Å². The first kappa shape index (κ1) is 23.1. The molecule has 6 rings (SSSR count). The second-order valence-electron chi connectivity index (χ2n) is 10.2. The Kier molecular flexibility index (Phi) is 6.11. The Hall–Kier alpha value is -1.28. The summed E-state index contributed by atoms with van der Waals surface area (Å²) in [4.78, 5) is 16.0. The van der Waals surface area contributed by atoms with Gasteiger partial charge in [0.25, 0.3) is 0 Å². The van der Waals surface area contributed by atoms with E-state index in [1.165, 1.54) is 24.3 Å². The van der Waals surface area contributed by atoms with Crippen LogP contribution >= 0.6 is 35.3 Å². The van der Waals surface area contributed by atoms with Gasteiger partial charge in [0.05, 0.1) is 15.2 Å². The molecule has 0 unspecified atom stereocenters. The van der Waals surface area contributed by atoms with E-state index in [1.807, 2.05) is 42.3 Å². The van der Waals surface area contributed by atoms with E-state index in [0.29, 0.717) is 15.9 Å². The molecule has 0 aromatic heterocycles. The highest BCUT2D eigenvalue weighted by atomic mass is 32.2. The van der Waals surface area contributed by atoms with E-state index < -0.39 is 0 Å². The second kappa shape index (κ2) is 8.99. The molecule has 2 aromatic rings. The molecule has 1 spiro atoms. The lowest BCUT2D eigenvalue weighted by molar-refractivity contribution is -0.135. The Morgan fingerprint density at radius 2 is 1.85 bits per heavy atom. The summed E-state index contributed by atoms with van der Waals surface area (Å²) in [5.74, 6) is 4.33. The van der Waals surface area contributed by atoms with Crippen LogP contribution in [0.3, 0.4) is 0 Å². The molecule has 3 fully saturated rings. The molecule has 0 radical (unpaired) electrons. The van der Waals surface area contributed by atoms with Crippen molar-refractivity contribution in [2.75, 3.05) is 22.6 Å². The summed E-state index contributed by atoms with van der Waals surface area (Å²) in [6, 6.07) is 14.1. The van der Waals surface area contributed by atoms with Crippen LogP contribution in [0.2, 0.25) is 0 Å². The minimum Gasteiger partial charge on any atom is -0.483 e. The predicted molar refractivity (Wildman–Crippen MR) is 147 cm³/mol. The lowest BCUT2D eigenvalue weighted by Crippen LogP contribution is -2.57. The number of nitrogens with one attached hydrogen (secondary N) is 1. The van der Waals surface area contributed by atoms with Gasteiger partial charge in [0.2, 0.25) is 5.91 Å². The highest BCUT2D eigenvalue weighted by Crippen LogP contribution is 2.60. The molecular formula is C27H32N2O2S3. The third-order valence-corrected chi connectivity index (χ3v) is 12.6. The summed E-state index contributed by atoms with van der Waals surface area (Å²) >= 11 is 6.19. The quantitative estimate of drug-likeness (QED) is 0.514. The third-order valence-electron chi connectivity index (χ3n) is 7.75. The van der Waals surface area contributed by atoms with E-state index in [0.717, 1.165) is 28.6 Å². The molecule has 1 amide bonds. The van der Waals surface area contributed by atoms with E-state index in [1.54, 1.807) is 0 Å². The molecule has 4 aliphatic rings. The molecule has 4 nitrogen and oxygen atoms in total. The van der Waals surface area contributed by atoms with E-state index in [4.69, 9.17) is 4.74 Å². The largest absolute Gasteiger partial charge is 0.483 e. The molecule has 34 heavy (non-hydrogen) atoms. The van der Waals surface area contributed by atoms with Crippen molar-refractivity contribution in [3.05, 3.63) is 54.8 Å². The van der Waals surface area contributed by atoms with Crippen molar-refractivity contribution in [1.29, 1.82) is 0 Å². The maximum atomic E-state index is 13.7. The maximum Gasteiger partial charge on any atom is 0.242 e. The van der Waals surface area contributed by atoms with Gasteiger partial charge in [0.1, 0.15) is 6.04 Å². The SMILES string of the molecule is CC1(C)SC[C@@H](C(=O)Nc2cccc3ccccc23)N1[C@H]1OC=C[C@@H]2CC3(C[C@@H]21)SCCCS3. The predicted octanol–water partition coefficient (Wildman–Crippen LogP) is 6.39. The lowest BCUT2D eigenvalue weighted by Gasteiger charge is -2.44. The van der Waals surface area contributed by atoms with Crippen LogP contribution in [-0.2, 0) is 9.53 Å². The van der Waals surface area contributed by atoms with Gasteiger partial charge in [-0.05, 0) is 68.1 Å². The molecule has 1 saturated carbocycles. The van der Waals surface area contributed by atoms with Crippen LogP contribution < -0.4 is 5.32 Å². The summed E-state index contributed by atoms with van der Waals surface area (Å²) in [6.07, 6.45) is 7.84. The van der Waals surface area contributed by atoms with Gasteiger partial charge in [-0.25, -0.2) is 4.90 Å². The Balaban J connectivity index is 1.27. The summed E-state index contributed by atoms with van der Waals surface area (Å²) in [5.41, 5.74) is 0.884. The van der Waals surface area contributed by atoms with Gasteiger partial charge in [-0.1, -0.05) is 36.4 Å². The molecule has 7 heteroatoms. The minimum atomic E-state index is -0.223. The van der Waals surface area contributed by atoms with Crippen molar-refractivity contribution in [3.8, 4) is 0 Å². The average Bonchev–Trinajstić information content (AvgIpc) is 3.35. The van der Waals surface area contributed by atoms with Crippen LogP contribution in [0.15, 0.2) is 54.8 Å². The van der Waals surface area contributed by atoms with Crippen molar-refractivity contribution in [1.82, 2.24) is 4.90 Å². The molecule has 0 bridgehead atoms. The van der Waals surface area contributed by atoms with Gasteiger partial charge >= 0.3 is 0 Å². The average molecular weight is 513 g/mol. The zero-order valence-corrected chi connectivity index (χ0v) is 22.2. The fourth-order valence-electron chi connectivity index (χ4n) is 6.13. The summed E-state index contributed by atoms with van der Waals surface area (Å²) in [6.45, 7) is 4.49. The zero-order chi connectivity index (χ0) is 23.3. The minimum absolute atomic E-state index is 0.0641. The molecule has 1 N–H and O–H groups in total. The number of thioether (sulfide) groups is 3. The number of fused-ring (bicyclic) bond motifs is 2. The fourth-order valence-corrected chi connectivity index (χ4v) is 11.0. The van der Waals surface area contributed by atoms with E-state index in [9.17, 15) is 4.79 Å². The van der Waals surface area contributed by atoms with Gasteiger partial charge in [-0.15, -0.1) is 35.3 Å². The van der Waals surface area contributed by atoms with Crippen molar-refractivity contribution in [3.63, 3.8) is 0 Å². The normalized spacial score (nSPS) is 31.9. The van der Waals surface area contributed by atoms with E-state index in [2.05, 4.69) is 71.9 Å². The van der Waals surface area contributed by atoms with Crippen LogP contribution in [0.5, 0.6) is 0 Å². The van der Waals surface area contributed by atoms with Crippen molar-refractivity contribution >= 4 is 57.7 Å². The molecule has 1 aliphatic carbocycles. The topological polar surface area (TPSA) is 41.6 Å². The Bertz CT molecular complexity index is 1110. The highest BCUT2D eigenvalue weighted by molar-refractivity contribution is 8.18. The van der Waals surface area contributed by atoms with Crippen molar-refractivity contribution < 1.29 is 9.53 Å². The Morgan fingerprint density at radius 3 is 2.71 bits per heavy atom. The maximum absolute atomic E-state index is 13.7. The molecular weight excluding hydrogens is 481 g/mol. The number of carbonyl (C=O) groups excluding carboxylic acids is 1. The van der Waals surface area contributed by atoms with Gasteiger partial charge in [0, 0.05) is 22.7 Å². The number of benzene rings is 2. The molecule has 4 atom stereocenters. The first-order chi connectivity index (χ1) is 16.5. The Morgan fingerprint density at radius 1 is 1.06 bits per heavy atom. The van der Waals surface area contributed by atoms with E-state index >= 15 is 0 Å². The second-order valence-corrected chi connectivity index (χ2v) is 15.1. The number of hydrogen-bond donors (Lipinski definition) is 1. The smallest absolute Gasteiger partial charge is 0.242 e. The molecule has 3 aliphatic heterocycles. The number of rotatable bonds is 3. The summed E-state index contributed by atoms with van der Waals surface area (Å²) < 4.78 is 6.70. The number of ether oxygens (including phenoxy) is 1. The van der Waals surface area contributed by atoms with Crippen LogP contribution in [0.1, 0.15) is 33.1 Å². The number of amides is 1. The van der Waals surface area contributed by atoms with Crippen LogP contribution in [0.4, 0.5) is 5.69 Å². The standard InChI is InChI=1S/C27H32N2O2S3/c1-26(2)29(25-21-16-27(32-13-6-14-33-27)15-19(21)11-12-31-25)23(17-34-26)24(30)28-22-10-5-8-18-7-3-4-9-20(18)22/h3-5,7-12,19,21,23,25H,6,13-17H2,1-2H3,(H,28,30)/t19-,21+,23+,25+/m1/s1. The van der Waals surface area contributed by atoms with Crippen molar-refractivity contribution in [2.45, 2.75) is 54.3 Å². The summed E-state index contributed by atoms with van der Waals surface area (Å²) in [5, 5.41) is 5.49. The van der Waals surface area contributed by atoms with Gasteiger partial charge < -0.3 is 10.1 Å². The molecule has 2 saturated heterocycles. The first-order valence-corrected chi connectivity index (χ1v) is 15.2. The van der Waals surface area contributed by atoms with Crippen LogP contribution in [-0.4, -0.2) is 49.3 Å². The molecule has 2 aromatic carbocycles. The van der Waals surface area contributed by atoms with Gasteiger partial charge in [0.15, 0.2) is 6.23 Å². The fraction of sp³-hybridized carbons (Fsp3) is 0.519. The summed E-state index contributed by atoms with van der Waals surface area (Å²) in [7, 11) is 0. The monoisotopic (exact) mass is 512 g/mol. The first-order valence-electron chi connectivity index (χ1n) is 12.3. The van der Waals surface area contributed by atoms with Gasteiger partial charge in [-0.2, -0.15) is 0 Å². The zero-order valence-electron chi connectivity index (χ0n) is 19.7. The Labute approximate surface area is 215 Å².